The van der Waals surface area contributed by atoms with Gasteiger partial charge in [0.15, 0.2) is 0 Å². The van der Waals surface area contributed by atoms with Crippen LogP contribution in [0.4, 0.5) is 4.39 Å². The number of nitrogens with zero attached hydrogens (tertiary/aromatic N) is 2. The van der Waals surface area contributed by atoms with Gasteiger partial charge in [-0.2, -0.15) is 0 Å². The molecule has 0 spiro atoms. The summed E-state index contributed by atoms with van der Waals surface area (Å²) in [6, 6.07) is 8.19. The zero-order chi connectivity index (χ0) is 15.7. The number of piperidine rings is 1. The molecule has 2 saturated heterocycles. The first kappa shape index (κ1) is 15.5. The van der Waals surface area contributed by atoms with Crippen molar-refractivity contribution in [2.75, 3.05) is 14.2 Å². The van der Waals surface area contributed by atoms with Gasteiger partial charge in [-0.15, -0.1) is 0 Å². The highest BCUT2D eigenvalue weighted by Crippen LogP contribution is 2.47. The summed E-state index contributed by atoms with van der Waals surface area (Å²) in [6.45, 7) is 2.14. The minimum atomic E-state index is -0.169. The largest absolute Gasteiger partial charge is 0.399 e. The Morgan fingerprint density at radius 2 is 2.05 bits per heavy atom. The molecule has 4 atom stereocenters. The van der Waals surface area contributed by atoms with E-state index < -0.39 is 0 Å². The van der Waals surface area contributed by atoms with Gasteiger partial charge in [0.2, 0.25) is 0 Å². The standard InChI is InChI=1S/C18H25FN2O/c1-4-16(20-22-3)18-15(12-5-7-13(19)8-6-12)11-14-9-10-17(18)21(14)2/h5-8,14-15,17-18H,4,9-11H2,1-3H3/t14?,15-,17-,18-/m1/s1. The maximum atomic E-state index is 13.3. The SMILES string of the molecule is CCC(=NOC)[C@H]1[C@@H](c2ccc(F)cc2)CC2CC[C@H]1N2C. The monoisotopic (exact) mass is 304 g/mol. The average molecular weight is 304 g/mol. The Hall–Kier alpha value is -1.42. The minimum Gasteiger partial charge on any atom is -0.399 e. The summed E-state index contributed by atoms with van der Waals surface area (Å²) in [5.41, 5.74) is 2.36. The van der Waals surface area contributed by atoms with Gasteiger partial charge in [0.05, 0.1) is 5.71 Å². The van der Waals surface area contributed by atoms with E-state index in [1.165, 1.54) is 18.4 Å². The first-order valence-corrected chi connectivity index (χ1v) is 8.23. The lowest BCUT2D eigenvalue weighted by Gasteiger charge is -2.43. The fraction of sp³-hybridized carbons (Fsp3) is 0.611. The van der Waals surface area contributed by atoms with Gasteiger partial charge in [0.1, 0.15) is 12.9 Å². The molecule has 4 heteroatoms. The van der Waals surface area contributed by atoms with Crippen molar-refractivity contribution < 1.29 is 9.23 Å². The number of benzene rings is 1. The molecule has 0 radical (unpaired) electrons. The fourth-order valence-corrected chi connectivity index (χ4v) is 4.45. The van der Waals surface area contributed by atoms with Gasteiger partial charge in [-0.05, 0) is 56.3 Å². The van der Waals surface area contributed by atoms with Crippen LogP contribution in [0.2, 0.25) is 0 Å². The molecule has 22 heavy (non-hydrogen) atoms. The van der Waals surface area contributed by atoms with E-state index in [4.69, 9.17) is 4.84 Å². The molecule has 0 N–H and O–H groups in total. The van der Waals surface area contributed by atoms with Crippen LogP contribution in [0.25, 0.3) is 0 Å². The van der Waals surface area contributed by atoms with Crippen molar-refractivity contribution in [3.05, 3.63) is 35.6 Å². The molecule has 2 heterocycles. The first-order chi connectivity index (χ1) is 10.7. The van der Waals surface area contributed by atoms with Gasteiger partial charge in [-0.25, -0.2) is 4.39 Å². The fourth-order valence-electron chi connectivity index (χ4n) is 4.45. The van der Waals surface area contributed by atoms with E-state index in [0.29, 0.717) is 23.9 Å². The van der Waals surface area contributed by atoms with E-state index >= 15 is 0 Å². The molecule has 0 saturated carbocycles. The lowest BCUT2D eigenvalue weighted by molar-refractivity contribution is 0.127. The third-order valence-corrected chi connectivity index (χ3v) is 5.52. The van der Waals surface area contributed by atoms with Crippen molar-refractivity contribution in [3.8, 4) is 0 Å². The highest BCUT2D eigenvalue weighted by atomic mass is 19.1. The van der Waals surface area contributed by atoms with Gasteiger partial charge in [0, 0.05) is 18.0 Å². The van der Waals surface area contributed by atoms with Crippen LogP contribution in [0.1, 0.15) is 44.1 Å². The van der Waals surface area contributed by atoms with E-state index in [-0.39, 0.29) is 5.82 Å². The predicted molar refractivity (Wildman–Crippen MR) is 86.6 cm³/mol. The van der Waals surface area contributed by atoms with Crippen LogP contribution in [0.15, 0.2) is 29.4 Å². The van der Waals surface area contributed by atoms with Crippen molar-refractivity contribution >= 4 is 5.71 Å². The Bertz CT molecular complexity index is 543. The number of hydrogen-bond donors (Lipinski definition) is 0. The summed E-state index contributed by atoms with van der Waals surface area (Å²) < 4.78 is 13.3. The van der Waals surface area contributed by atoms with Crippen LogP contribution in [-0.2, 0) is 4.84 Å². The molecule has 0 amide bonds. The second kappa shape index (κ2) is 6.37. The van der Waals surface area contributed by atoms with Gasteiger partial charge < -0.3 is 4.84 Å². The number of oxime groups is 1. The van der Waals surface area contributed by atoms with Gasteiger partial charge in [-0.1, -0.05) is 24.2 Å². The lowest BCUT2D eigenvalue weighted by Crippen LogP contribution is -2.48. The molecule has 0 aliphatic carbocycles. The Labute approximate surface area is 132 Å². The second-order valence-electron chi connectivity index (χ2n) is 6.50. The average Bonchev–Trinajstić information content (AvgIpc) is 2.76. The Morgan fingerprint density at radius 1 is 1.32 bits per heavy atom. The maximum absolute atomic E-state index is 13.3. The lowest BCUT2D eigenvalue weighted by atomic mass is 9.73. The summed E-state index contributed by atoms with van der Waals surface area (Å²) in [7, 11) is 3.85. The van der Waals surface area contributed by atoms with Crippen molar-refractivity contribution in [3.63, 3.8) is 0 Å². The minimum absolute atomic E-state index is 0.169. The van der Waals surface area contributed by atoms with Crippen LogP contribution >= 0.6 is 0 Å². The summed E-state index contributed by atoms with van der Waals surface area (Å²) in [4.78, 5) is 7.62. The van der Waals surface area contributed by atoms with Gasteiger partial charge >= 0.3 is 0 Å². The Kier molecular flexibility index (Phi) is 4.48. The molecule has 0 aromatic heterocycles. The molecule has 3 rings (SSSR count). The molecular weight excluding hydrogens is 279 g/mol. The second-order valence-corrected chi connectivity index (χ2v) is 6.50. The molecule has 1 unspecified atom stereocenters. The third-order valence-electron chi connectivity index (χ3n) is 5.52. The zero-order valence-corrected chi connectivity index (χ0v) is 13.6. The van der Waals surface area contributed by atoms with Crippen LogP contribution in [0.5, 0.6) is 0 Å². The van der Waals surface area contributed by atoms with Crippen molar-refractivity contribution in [2.24, 2.45) is 11.1 Å². The van der Waals surface area contributed by atoms with Gasteiger partial charge in [-0.3, -0.25) is 4.90 Å². The van der Waals surface area contributed by atoms with Crippen molar-refractivity contribution in [1.82, 2.24) is 4.90 Å². The van der Waals surface area contributed by atoms with E-state index in [0.717, 1.165) is 18.6 Å². The molecule has 1 aromatic carbocycles. The van der Waals surface area contributed by atoms with E-state index in [1.54, 1.807) is 19.2 Å². The summed E-state index contributed by atoms with van der Waals surface area (Å²) in [6.07, 6.45) is 4.48. The Balaban J connectivity index is 1.98. The normalized spacial score (nSPS) is 32.3. The summed E-state index contributed by atoms with van der Waals surface area (Å²) in [5.74, 6) is 0.597. The molecule has 2 aliphatic heterocycles. The summed E-state index contributed by atoms with van der Waals surface area (Å²) in [5, 5.41) is 4.33. The Morgan fingerprint density at radius 3 is 2.68 bits per heavy atom. The van der Waals surface area contributed by atoms with Crippen molar-refractivity contribution in [1.29, 1.82) is 0 Å². The molecule has 2 fully saturated rings. The highest BCUT2D eigenvalue weighted by Gasteiger charge is 2.47. The van der Waals surface area contributed by atoms with Crippen LogP contribution < -0.4 is 0 Å². The maximum Gasteiger partial charge on any atom is 0.123 e. The number of rotatable bonds is 4. The van der Waals surface area contributed by atoms with E-state index in [1.807, 2.05) is 12.1 Å². The molecule has 120 valence electrons. The zero-order valence-electron chi connectivity index (χ0n) is 13.6. The smallest absolute Gasteiger partial charge is 0.123 e. The van der Waals surface area contributed by atoms with Crippen LogP contribution in [-0.4, -0.2) is 36.9 Å². The van der Waals surface area contributed by atoms with Crippen LogP contribution in [0, 0.1) is 11.7 Å². The summed E-state index contributed by atoms with van der Waals surface area (Å²) >= 11 is 0. The topological polar surface area (TPSA) is 24.8 Å². The molecule has 3 nitrogen and oxygen atoms in total. The quantitative estimate of drug-likeness (QED) is 0.624. The van der Waals surface area contributed by atoms with Gasteiger partial charge in [0.25, 0.3) is 0 Å². The van der Waals surface area contributed by atoms with E-state index in [9.17, 15) is 4.39 Å². The number of hydrogen-bond acceptors (Lipinski definition) is 3. The highest BCUT2D eigenvalue weighted by molar-refractivity contribution is 5.88. The van der Waals surface area contributed by atoms with Crippen LogP contribution in [0.3, 0.4) is 0 Å². The third kappa shape index (κ3) is 2.65. The number of fused-ring (bicyclic) bond motifs is 2. The predicted octanol–water partition coefficient (Wildman–Crippen LogP) is 3.80. The molecular formula is C18H25FN2O. The molecule has 2 bridgehead atoms. The number of halogens is 1. The molecule has 1 aromatic rings. The van der Waals surface area contributed by atoms with Crippen molar-refractivity contribution in [2.45, 2.75) is 50.6 Å². The molecule has 2 aliphatic rings. The van der Waals surface area contributed by atoms with E-state index in [2.05, 4.69) is 24.0 Å². The first-order valence-electron chi connectivity index (χ1n) is 8.23.